The third-order valence-corrected chi connectivity index (χ3v) is 5.20. The van der Waals surface area contributed by atoms with E-state index in [1.807, 2.05) is 17.0 Å². The molecule has 0 saturated carbocycles. The summed E-state index contributed by atoms with van der Waals surface area (Å²) in [4.78, 5) is 21.2. The van der Waals surface area contributed by atoms with Crippen LogP contribution >= 0.6 is 0 Å². The summed E-state index contributed by atoms with van der Waals surface area (Å²) in [6, 6.07) is 23.0. The van der Waals surface area contributed by atoms with Crippen molar-refractivity contribution in [2.75, 3.05) is 39.0 Å². The minimum atomic E-state index is -0.00424. The van der Waals surface area contributed by atoms with Crippen LogP contribution in [0.4, 0.5) is 5.69 Å². The van der Waals surface area contributed by atoms with Gasteiger partial charge < -0.3 is 15.7 Å². The van der Waals surface area contributed by atoms with Crippen LogP contribution in [0.2, 0.25) is 0 Å². The lowest BCUT2D eigenvalue weighted by atomic mass is 9.96. The van der Waals surface area contributed by atoms with E-state index >= 15 is 0 Å². The first-order valence-corrected chi connectivity index (χ1v) is 10.0. The van der Waals surface area contributed by atoms with Crippen LogP contribution in [0.5, 0.6) is 0 Å². The molecular weight excluding hydrogens is 376 g/mol. The van der Waals surface area contributed by atoms with Crippen LogP contribution in [-0.2, 0) is 0 Å². The molecule has 0 aliphatic carbocycles. The average Bonchev–Trinajstić information content (AvgIpc) is 2.82. The maximum absolute atomic E-state index is 12.8. The molecule has 1 aliphatic heterocycles. The van der Waals surface area contributed by atoms with Crippen LogP contribution in [0.25, 0.3) is 0 Å². The van der Waals surface area contributed by atoms with Gasteiger partial charge in [0.2, 0.25) is 0 Å². The Morgan fingerprint density at radius 3 is 1.93 bits per heavy atom. The van der Waals surface area contributed by atoms with Crippen LogP contribution in [0, 0.1) is 0 Å². The molecule has 1 aliphatic rings. The lowest BCUT2D eigenvalue weighted by molar-refractivity contribution is 0.0597. The first-order valence-electron chi connectivity index (χ1n) is 10.0. The van der Waals surface area contributed by atoms with Crippen molar-refractivity contribution in [3.05, 3.63) is 95.8 Å². The van der Waals surface area contributed by atoms with Crippen molar-refractivity contribution in [1.29, 1.82) is 0 Å². The summed E-state index contributed by atoms with van der Waals surface area (Å²) < 4.78 is 0. The molecule has 0 spiro atoms. The number of hydrogen-bond donors (Lipinski definition) is 2. The van der Waals surface area contributed by atoms with Crippen molar-refractivity contribution in [2.45, 2.75) is 6.04 Å². The molecule has 6 nitrogen and oxygen atoms in total. The van der Waals surface area contributed by atoms with E-state index < -0.39 is 0 Å². The maximum atomic E-state index is 12.8. The van der Waals surface area contributed by atoms with Gasteiger partial charge >= 0.3 is 0 Å². The van der Waals surface area contributed by atoms with Crippen LogP contribution < -0.4 is 5.73 Å². The minimum Gasteiger partial charge on any atom is -0.400 e. The lowest BCUT2D eigenvalue weighted by Gasteiger charge is -2.39. The van der Waals surface area contributed by atoms with E-state index in [0.717, 1.165) is 20.2 Å². The third kappa shape index (κ3) is 5.03. The first-order chi connectivity index (χ1) is 14.7. The van der Waals surface area contributed by atoms with Crippen molar-refractivity contribution >= 4 is 11.6 Å². The Morgan fingerprint density at radius 1 is 0.900 bits per heavy atom. The van der Waals surface area contributed by atoms with Crippen LogP contribution in [-0.4, -0.2) is 59.1 Å². The van der Waals surface area contributed by atoms with Gasteiger partial charge in [-0.3, -0.25) is 14.7 Å². The SMILES string of the molecule is CO.Nc1cncc(C(=O)N2CCN(C(c3ccccc3)c3ccccc3)CC2)c1. The zero-order valence-corrected chi connectivity index (χ0v) is 17.2. The highest BCUT2D eigenvalue weighted by atomic mass is 16.2. The smallest absolute Gasteiger partial charge is 0.255 e. The molecule has 2 aromatic carbocycles. The zero-order valence-electron chi connectivity index (χ0n) is 17.2. The summed E-state index contributed by atoms with van der Waals surface area (Å²) >= 11 is 0. The summed E-state index contributed by atoms with van der Waals surface area (Å²) in [6.45, 7) is 3.00. The second kappa shape index (κ2) is 10.5. The number of nitrogen functional groups attached to an aromatic ring is 1. The van der Waals surface area contributed by atoms with Crippen LogP contribution in [0.3, 0.4) is 0 Å². The summed E-state index contributed by atoms with van der Waals surface area (Å²) in [5.41, 5.74) is 9.38. The van der Waals surface area contributed by atoms with Gasteiger partial charge in [-0.2, -0.15) is 0 Å². The minimum absolute atomic E-state index is 0.00424. The standard InChI is InChI=1S/C23H24N4O.CH4O/c24-21-15-20(16-25-17-21)23(28)27-13-11-26(12-14-27)22(18-7-3-1-4-8-18)19-9-5-2-6-10-19;1-2/h1-10,15-17,22H,11-14,24H2;2H,1H3. The molecule has 0 unspecified atom stereocenters. The Bertz CT molecular complexity index is 887. The topological polar surface area (TPSA) is 82.7 Å². The maximum Gasteiger partial charge on any atom is 0.255 e. The van der Waals surface area contributed by atoms with Crippen molar-refractivity contribution in [3.63, 3.8) is 0 Å². The number of nitrogens with two attached hydrogens (primary N) is 1. The Kier molecular flexibility index (Phi) is 7.54. The monoisotopic (exact) mass is 404 g/mol. The van der Waals surface area contributed by atoms with Gasteiger partial charge in [0.05, 0.1) is 17.3 Å². The predicted octanol–water partition coefficient (Wildman–Crippen LogP) is 2.82. The lowest BCUT2D eigenvalue weighted by Crippen LogP contribution is -2.49. The predicted molar refractivity (Wildman–Crippen MR) is 119 cm³/mol. The summed E-state index contributed by atoms with van der Waals surface area (Å²) in [7, 11) is 1.00. The molecule has 156 valence electrons. The largest absolute Gasteiger partial charge is 0.400 e. The molecule has 3 N–H and O–H groups in total. The molecule has 0 bridgehead atoms. The number of hydrogen-bond acceptors (Lipinski definition) is 5. The molecule has 0 radical (unpaired) electrons. The van der Waals surface area contributed by atoms with E-state index in [1.54, 1.807) is 18.5 Å². The fourth-order valence-electron chi connectivity index (χ4n) is 3.83. The number of carbonyl (C=O) groups is 1. The molecule has 1 amide bonds. The van der Waals surface area contributed by atoms with Gasteiger partial charge in [-0.25, -0.2) is 0 Å². The Hall–Kier alpha value is -3.22. The fraction of sp³-hybridized carbons (Fsp3) is 0.250. The second-order valence-electron chi connectivity index (χ2n) is 7.06. The summed E-state index contributed by atoms with van der Waals surface area (Å²) in [5, 5.41) is 7.00. The average molecular weight is 405 g/mol. The number of amides is 1. The Morgan fingerprint density at radius 2 is 1.43 bits per heavy atom. The molecule has 6 heteroatoms. The summed E-state index contributed by atoms with van der Waals surface area (Å²) in [5.74, 6) is -0.00424. The van der Waals surface area contributed by atoms with E-state index in [9.17, 15) is 4.79 Å². The molecule has 30 heavy (non-hydrogen) atoms. The van der Waals surface area contributed by atoms with E-state index in [0.29, 0.717) is 24.3 Å². The van der Waals surface area contributed by atoms with Crippen molar-refractivity contribution in [1.82, 2.24) is 14.8 Å². The first kappa shape index (κ1) is 21.5. The molecular formula is C24H28N4O2. The zero-order chi connectivity index (χ0) is 21.3. The van der Waals surface area contributed by atoms with E-state index in [2.05, 4.69) is 58.4 Å². The van der Waals surface area contributed by atoms with Crippen molar-refractivity contribution in [3.8, 4) is 0 Å². The normalized spacial score (nSPS) is 14.2. The summed E-state index contributed by atoms with van der Waals surface area (Å²) in [6.07, 6.45) is 3.14. The van der Waals surface area contributed by atoms with Crippen molar-refractivity contribution in [2.24, 2.45) is 0 Å². The number of rotatable bonds is 4. The van der Waals surface area contributed by atoms with Gasteiger partial charge in [-0.1, -0.05) is 60.7 Å². The number of anilines is 1. The molecule has 4 rings (SSSR count). The van der Waals surface area contributed by atoms with Gasteiger partial charge in [-0.15, -0.1) is 0 Å². The highest BCUT2D eigenvalue weighted by Gasteiger charge is 2.28. The number of pyridine rings is 1. The van der Waals surface area contributed by atoms with E-state index in [-0.39, 0.29) is 11.9 Å². The number of aliphatic hydroxyl groups is 1. The number of aliphatic hydroxyl groups excluding tert-OH is 1. The Balaban J connectivity index is 0.00000124. The highest BCUT2D eigenvalue weighted by Crippen LogP contribution is 2.29. The Labute approximate surface area is 177 Å². The quantitative estimate of drug-likeness (QED) is 0.699. The molecule has 1 fully saturated rings. The van der Waals surface area contributed by atoms with E-state index in [1.165, 1.54) is 11.1 Å². The van der Waals surface area contributed by atoms with Gasteiger partial charge in [0.25, 0.3) is 5.91 Å². The molecule has 3 aromatic rings. The van der Waals surface area contributed by atoms with Gasteiger partial charge in [0.15, 0.2) is 0 Å². The van der Waals surface area contributed by atoms with Crippen LogP contribution in [0.15, 0.2) is 79.1 Å². The van der Waals surface area contributed by atoms with Crippen LogP contribution in [0.1, 0.15) is 27.5 Å². The molecule has 1 aromatic heterocycles. The highest BCUT2D eigenvalue weighted by molar-refractivity contribution is 5.94. The number of carbonyl (C=O) groups excluding carboxylic acids is 1. The number of benzene rings is 2. The third-order valence-electron chi connectivity index (χ3n) is 5.20. The number of aromatic nitrogens is 1. The fourth-order valence-corrected chi connectivity index (χ4v) is 3.83. The van der Waals surface area contributed by atoms with E-state index in [4.69, 9.17) is 10.8 Å². The molecule has 1 saturated heterocycles. The van der Waals surface area contributed by atoms with Gasteiger partial charge in [0.1, 0.15) is 0 Å². The molecule has 0 atom stereocenters. The van der Waals surface area contributed by atoms with Crippen molar-refractivity contribution < 1.29 is 9.90 Å². The number of piperazine rings is 1. The van der Waals surface area contributed by atoms with Gasteiger partial charge in [-0.05, 0) is 17.2 Å². The molecule has 2 heterocycles. The second-order valence-corrected chi connectivity index (χ2v) is 7.06. The number of nitrogens with zero attached hydrogens (tertiary/aromatic N) is 3. The van der Waals surface area contributed by atoms with Gasteiger partial charge in [0, 0.05) is 45.7 Å².